The van der Waals surface area contributed by atoms with Gasteiger partial charge >= 0.3 is 0 Å². The van der Waals surface area contributed by atoms with Crippen LogP contribution in [-0.2, 0) is 0 Å². The minimum atomic E-state index is 0.569. The molecule has 2 N–H and O–H groups in total. The van der Waals surface area contributed by atoms with Gasteiger partial charge in [-0.25, -0.2) is 0 Å². The molecular weight excluding hydrogens is 308 g/mol. The molecule has 3 aromatic rings. The first-order valence-corrected chi connectivity index (χ1v) is 9.40. The number of hydrogen-bond donors (Lipinski definition) is 2. The molecular formula is C18H20N2S2. The van der Waals surface area contributed by atoms with Gasteiger partial charge in [-0.05, 0) is 24.0 Å². The van der Waals surface area contributed by atoms with Crippen LogP contribution < -0.4 is 10.6 Å². The highest BCUT2D eigenvalue weighted by Crippen LogP contribution is 2.49. The lowest BCUT2D eigenvalue weighted by molar-refractivity contribution is 0.890. The van der Waals surface area contributed by atoms with E-state index in [9.17, 15) is 0 Å². The Morgan fingerprint density at radius 1 is 0.727 bits per heavy atom. The van der Waals surface area contributed by atoms with Crippen LogP contribution in [0.2, 0.25) is 0 Å². The normalized spacial score (nSPS) is 13.9. The smallest absolute Gasteiger partial charge is 0.0714 e. The zero-order chi connectivity index (χ0) is 15.4. The summed E-state index contributed by atoms with van der Waals surface area (Å²) in [5, 5.41) is 9.62. The first-order chi connectivity index (χ1) is 10.6. The third kappa shape index (κ3) is 1.97. The zero-order valence-corrected chi connectivity index (χ0v) is 14.9. The minimum absolute atomic E-state index is 0.569. The van der Waals surface area contributed by atoms with E-state index < -0.39 is 0 Å². The third-order valence-corrected chi connectivity index (χ3v) is 7.21. The molecule has 0 atom stereocenters. The van der Waals surface area contributed by atoms with E-state index in [0.717, 1.165) is 0 Å². The summed E-state index contributed by atoms with van der Waals surface area (Å²) in [6.07, 6.45) is 3.96. The standard InChI is InChI=1S/C18H20N2S2/c1-9(2)13-7-11-15-16(20-6-5-19-15)12-8-14(10(3)4)22-18(12)17(11)21-13/h5-10,19-20H,1-4H3. The number of thiophene rings is 2. The van der Waals surface area contributed by atoms with Crippen LogP contribution in [0.1, 0.15) is 49.3 Å². The first-order valence-electron chi connectivity index (χ1n) is 7.77. The lowest BCUT2D eigenvalue weighted by atomic mass is 10.1. The molecule has 0 saturated heterocycles. The van der Waals surface area contributed by atoms with Crippen LogP contribution in [0, 0.1) is 0 Å². The van der Waals surface area contributed by atoms with E-state index in [-0.39, 0.29) is 0 Å². The summed E-state index contributed by atoms with van der Waals surface area (Å²) in [6, 6.07) is 4.73. The summed E-state index contributed by atoms with van der Waals surface area (Å²) in [4.78, 5) is 2.92. The minimum Gasteiger partial charge on any atom is -0.358 e. The largest absolute Gasteiger partial charge is 0.358 e. The van der Waals surface area contributed by atoms with Gasteiger partial charge in [0.2, 0.25) is 0 Å². The highest BCUT2D eigenvalue weighted by molar-refractivity contribution is 7.27. The third-order valence-electron chi connectivity index (χ3n) is 4.17. The Bertz CT molecular complexity index is 823. The van der Waals surface area contributed by atoms with Crippen LogP contribution in [0.3, 0.4) is 0 Å². The van der Waals surface area contributed by atoms with Gasteiger partial charge < -0.3 is 10.6 Å². The van der Waals surface area contributed by atoms with Gasteiger partial charge in [0.05, 0.1) is 20.8 Å². The molecule has 4 rings (SSSR count). The molecule has 0 radical (unpaired) electrons. The molecule has 0 aliphatic carbocycles. The molecule has 22 heavy (non-hydrogen) atoms. The molecule has 114 valence electrons. The van der Waals surface area contributed by atoms with Crippen molar-refractivity contribution in [2.75, 3.05) is 10.6 Å². The van der Waals surface area contributed by atoms with Crippen LogP contribution >= 0.6 is 22.7 Å². The second-order valence-corrected chi connectivity index (χ2v) is 8.63. The summed E-state index contributed by atoms with van der Waals surface area (Å²) in [5.74, 6) is 1.14. The van der Waals surface area contributed by atoms with Crippen molar-refractivity contribution in [2.24, 2.45) is 0 Å². The van der Waals surface area contributed by atoms with Gasteiger partial charge in [0, 0.05) is 32.9 Å². The number of hydrogen-bond acceptors (Lipinski definition) is 4. The lowest BCUT2D eigenvalue weighted by Gasteiger charge is -2.16. The molecule has 1 aliphatic rings. The quantitative estimate of drug-likeness (QED) is 0.549. The second kappa shape index (κ2) is 5.00. The lowest BCUT2D eigenvalue weighted by Crippen LogP contribution is -2.02. The Balaban J connectivity index is 2.13. The van der Waals surface area contributed by atoms with Crippen molar-refractivity contribution >= 4 is 54.2 Å². The van der Waals surface area contributed by atoms with Gasteiger partial charge in [0.15, 0.2) is 0 Å². The van der Waals surface area contributed by atoms with Gasteiger partial charge in [0.1, 0.15) is 0 Å². The average Bonchev–Trinajstić information content (AvgIpc) is 3.12. The molecule has 0 spiro atoms. The first kappa shape index (κ1) is 14.1. The van der Waals surface area contributed by atoms with Crippen LogP contribution in [0.15, 0.2) is 24.5 Å². The Hall–Kier alpha value is -1.52. The van der Waals surface area contributed by atoms with Crippen LogP contribution in [0.4, 0.5) is 11.4 Å². The summed E-state index contributed by atoms with van der Waals surface area (Å²) in [5.41, 5.74) is 2.45. The molecule has 1 aliphatic heterocycles. The summed E-state index contributed by atoms with van der Waals surface area (Å²) in [6.45, 7) is 9.09. The Labute approximate surface area is 138 Å². The fourth-order valence-electron chi connectivity index (χ4n) is 2.92. The maximum Gasteiger partial charge on any atom is 0.0714 e. The predicted molar refractivity (Wildman–Crippen MR) is 102 cm³/mol. The molecule has 0 saturated carbocycles. The molecule has 4 heteroatoms. The van der Waals surface area contributed by atoms with E-state index >= 15 is 0 Å². The van der Waals surface area contributed by atoms with Crippen molar-refractivity contribution in [2.45, 2.75) is 39.5 Å². The van der Waals surface area contributed by atoms with Crippen LogP contribution in [0.25, 0.3) is 20.2 Å². The highest BCUT2D eigenvalue weighted by Gasteiger charge is 2.21. The summed E-state index contributed by atoms with van der Waals surface area (Å²) < 4.78 is 2.86. The van der Waals surface area contributed by atoms with Crippen LogP contribution in [-0.4, -0.2) is 0 Å². The van der Waals surface area contributed by atoms with Crippen molar-refractivity contribution in [1.82, 2.24) is 0 Å². The second-order valence-electron chi connectivity index (χ2n) is 6.46. The van der Waals surface area contributed by atoms with Gasteiger partial charge in [-0.15, -0.1) is 22.7 Å². The van der Waals surface area contributed by atoms with Crippen molar-refractivity contribution in [3.05, 3.63) is 34.3 Å². The van der Waals surface area contributed by atoms with Crippen molar-refractivity contribution in [1.29, 1.82) is 0 Å². The Kier molecular flexibility index (Phi) is 3.20. The zero-order valence-electron chi connectivity index (χ0n) is 13.3. The monoisotopic (exact) mass is 328 g/mol. The number of fused-ring (bicyclic) bond motifs is 6. The average molecular weight is 329 g/mol. The van der Waals surface area contributed by atoms with Gasteiger partial charge in [0.25, 0.3) is 0 Å². The Morgan fingerprint density at radius 3 is 1.50 bits per heavy atom. The molecule has 0 fully saturated rings. The number of benzene rings is 1. The van der Waals surface area contributed by atoms with E-state index in [2.05, 4.69) is 50.5 Å². The maximum atomic E-state index is 3.46. The SMILES string of the molecule is CC(C)c1cc2c3c(c4cc(C(C)C)sc4c2s1)NC=CN3. The molecule has 3 heterocycles. The van der Waals surface area contributed by atoms with Gasteiger partial charge in [-0.3, -0.25) is 0 Å². The van der Waals surface area contributed by atoms with Crippen molar-refractivity contribution in [3.63, 3.8) is 0 Å². The van der Waals surface area contributed by atoms with E-state index in [4.69, 9.17) is 0 Å². The van der Waals surface area contributed by atoms with Gasteiger partial charge in [-0.2, -0.15) is 0 Å². The van der Waals surface area contributed by atoms with Gasteiger partial charge in [-0.1, -0.05) is 27.7 Å². The highest BCUT2D eigenvalue weighted by atomic mass is 32.1. The Morgan fingerprint density at radius 2 is 1.14 bits per heavy atom. The van der Waals surface area contributed by atoms with E-state index in [1.165, 1.54) is 41.3 Å². The predicted octanol–water partition coefficient (Wildman–Crippen LogP) is 6.67. The van der Waals surface area contributed by atoms with E-state index in [0.29, 0.717) is 11.8 Å². The topological polar surface area (TPSA) is 24.1 Å². The van der Waals surface area contributed by atoms with Crippen molar-refractivity contribution < 1.29 is 0 Å². The van der Waals surface area contributed by atoms with Crippen LogP contribution in [0.5, 0.6) is 0 Å². The number of nitrogens with one attached hydrogen (secondary N) is 2. The van der Waals surface area contributed by atoms with E-state index in [1.54, 1.807) is 0 Å². The number of anilines is 2. The maximum absolute atomic E-state index is 3.46. The van der Waals surface area contributed by atoms with E-state index in [1.807, 2.05) is 35.1 Å². The molecule has 0 bridgehead atoms. The van der Waals surface area contributed by atoms with Crippen molar-refractivity contribution in [3.8, 4) is 0 Å². The fourth-order valence-corrected chi connectivity index (χ4v) is 5.41. The molecule has 1 aromatic carbocycles. The molecule has 2 nitrogen and oxygen atoms in total. The number of rotatable bonds is 2. The molecule has 2 aromatic heterocycles. The summed E-state index contributed by atoms with van der Waals surface area (Å²) in [7, 11) is 0. The summed E-state index contributed by atoms with van der Waals surface area (Å²) >= 11 is 3.90. The fraction of sp³-hybridized carbons (Fsp3) is 0.333. The molecule has 0 unspecified atom stereocenters. The molecule has 0 amide bonds.